The van der Waals surface area contributed by atoms with E-state index in [0.29, 0.717) is 5.92 Å². The van der Waals surface area contributed by atoms with Gasteiger partial charge in [-0.2, -0.15) is 0 Å². The molecule has 1 heterocycles. The maximum atomic E-state index is 13.9. The van der Waals surface area contributed by atoms with Gasteiger partial charge in [-0.1, -0.05) is 30.9 Å². The maximum absolute atomic E-state index is 13.9. The number of aliphatic imine (C=N–C) groups is 1. The van der Waals surface area contributed by atoms with Crippen LogP contribution in [0.4, 0.5) is 4.39 Å². The molecule has 0 bridgehead atoms. The lowest BCUT2D eigenvalue weighted by Crippen LogP contribution is -2.39. The average molecular weight is 450 g/mol. The number of fused-ring (bicyclic) bond motifs is 1. The molecular weight excluding hydrogens is 409 g/mol. The third-order valence-corrected chi connectivity index (χ3v) is 7.64. The van der Waals surface area contributed by atoms with Crippen LogP contribution in [0.25, 0.3) is 0 Å². The number of hydrogen-bond donors (Lipinski definition) is 1. The van der Waals surface area contributed by atoms with Crippen molar-refractivity contribution in [1.29, 1.82) is 0 Å². The zero-order valence-electron chi connectivity index (χ0n) is 20.3. The molecule has 178 valence electrons. The quantitative estimate of drug-likeness (QED) is 0.435. The Morgan fingerprint density at radius 2 is 2.00 bits per heavy atom. The summed E-state index contributed by atoms with van der Waals surface area (Å²) in [5, 5.41) is 3.83. The first-order valence-electron chi connectivity index (χ1n) is 12.9. The van der Waals surface area contributed by atoms with Gasteiger partial charge >= 0.3 is 0 Å². The van der Waals surface area contributed by atoms with Crippen LogP contribution < -0.4 is 5.32 Å². The normalized spacial score (nSPS) is 20.8. The van der Waals surface area contributed by atoms with Crippen LogP contribution in [0.5, 0.6) is 0 Å². The van der Waals surface area contributed by atoms with Crippen molar-refractivity contribution in [1.82, 2.24) is 10.2 Å². The Hall–Kier alpha value is -2.04. The monoisotopic (exact) mass is 449 g/mol. The van der Waals surface area contributed by atoms with Crippen molar-refractivity contribution in [2.45, 2.75) is 63.8 Å². The molecule has 0 saturated carbocycles. The summed E-state index contributed by atoms with van der Waals surface area (Å²) >= 11 is 0. The fraction of sp³-hybridized carbons (Fsp3) is 0.552. The molecule has 1 unspecified atom stereocenters. The average Bonchev–Trinajstić information content (AvgIpc) is 3.32. The van der Waals surface area contributed by atoms with E-state index in [1.807, 2.05) is 13.1 Å². The highest BCUT2D eigenvalue weighted by atomic mass is 19.1. The standard InChI is InChI=1S/C29H40FN3/c1-3-28(31-2)29(26-14-13-23-9-6-10-25(23)20-26)32-21-22-15-18-33(19-16-22)17-7-11-24-8-4-5-12-27(24)30/h3,8,12-14,20,22,29,32H,1,4-7,9-11,15-19,21H2,2H3. The van der Waals surface area contributed by atoms with Crippen LogP contribution in [-0.4, -0.2) is 43.8 Å². The van der Waals surface area contributed by atoms with Gasteiger partial charge in [-0.25, -0.2) is 4.39 Å². The molecule has 0 aromatic heterocycles. The van der Waals surface area contributed by atoms with E-state index in [2.05, 4.69) is 46.1 Å². The molecule has 3 aliphatic rings. The lowest BCUT2D eigenvalue weighted by molar-refractivity contribution is 0.180. The van der Waals surface area contributed by atoms with Crippen LogP contribution in [0.15, 0.2) is 59.4 Å². The van der Waals surface area contributed by atoms with Crippen LogP contribution in [0, 0.1) is 5.92 Å². The number of rotatable bonds is 10. The van der Waals surface area contributed by atoms with Gasteiger partial charge in [0.1, 0.15) is 5.83 Å². The molecule has 1 atom stereocenters. The molecule has 0 spiro atoms. The van der Waals surface area contributed by atoms with E-state index in [0.717, 1.165) is 63.1 Å². The van der Waals surface area contributed by atoms with E-state index in [1.54, 1.807) is 6.08 Å². The summed E-state index contributed by atoms with van der Waals surface area (Å²) in [5.74, 6) is 0.695. The van der Waals surface area contributed by atoms with Crippen molar-refractivity contribution in [3.63, 3.8) is 0 Å². The smallest absolute Gasteiger partial charge is 0.122 e. The van der Waals surface area contributed by atoms with Crippen molar-refractivity contribution < 1.29 is 4.39 Å². The van der Waals surface area contributed by atoms with Gasteiger partial charge in [-0.15, -0.1) is 0 Å². The van der Waals surface area contributed by atoms with Gasteiger partial charge in [0.05, 0.1) is 11.8 Å². The first-order chi connectivity index (χ1) is 16.2. The number of benzene rings is 1. The maximum Gasteiger partial charge on any atom is 0.122 e. The number of halogens is 1. The molecule has 1 N–H and O–H groups in total. The molecule has 2 aliphatic carbocycles. The molecule has 0 amide bonds. The van der Waals surface area contributed by atoms with Gasteiger partial charge in [-0.05, 0) is 124 Å². The number of aryl methyl sites for hydroxylation is 2. The number of piperidine rings is 1. The van der Waals surface area contributed by atoms with E-state index in [4.69, 9.17) is 0 Å². The SMILES string of the molecule is C=CC(=NC)C(NCC1CCN(CCCC2=CCCC=C2F)CC1)c1ccc2c(c1)CCC2. The van der Waals surface area contributed by atoms with Gasteiger partial charge < -0.3 is 10.2 Å². The Kier molecular flexibility index (Phi) is 8.69. The van der Waals surface area contributed by atoms with E-state index < -0.39 is 0 Å². The third kappa shape index (κ3) is 6.30. The fourth-order valence-corrected chi connectivity index (χ4v) is 5.61. The van der Waals surface area contributed by atoms with Crippen LogP contribution in [0.3, 0.4) is 0 Å². The minimum absolute atomic E-state index is 0.0125. The van der Waals surface area contributed by atoms with E-state index in [-0.39, 0.29) is 11.9 Å². The number of nitrogens with one attached hydrogen (secondary N) is 1. The van der Waals surface area contributed by atoms with Crippen LogP contribution in [0.2, 0.25) is 0 Å². The predicted molar refractivity (Wildman–Crippen MR) is 138 cm³/mol. The highest BCUT2D eigenvalue weighted by molar-refractivity contribution is 5.99. The molecule has 33 heavy (non-hydrogen) atoms. The second-order valence-electron chi connectivity index (χ2n) is 9.82. The molecule has 3 nitrogen and oxygen atoms in total. The second-order valence-corrected chi connectivity index (χ2v) is 9.82. The largest absolute Gasteiger partial charge is 0.305 e. The van der Waals surface area contributed by atoms with Crippen LogP contribution in [0.1, 0.15) is 67.7 Å². The van der Waals surface area contributed by atoms with E-state index in [1.165, 1.54) is 48.8 Å². The fourth-order valence-electron chi connectivity index (χ4n) is 5.61. The lowest BCUT2D eigenvalue weighted by Gasteiger charge is -2.33. The molecule has 4 rings (SSSR count). The Labute approximate surface area is 199 Å². The molecule has 0 radical (unpaired) electrons. The molecule has 1 fully saturated rings. The van der Waals surface area contributed by atoms with Crippen molar-refractivity contribution in [3.05, 3.63) is 71.1 Å². The minimum atomic E-state index is 0.0125. The first kappa shape index (κ1) is 24.1. The summed E-state index contributed by atoms with van der Waals surface area (Å²) in [6.07, 6.45) is 15.6. The molecule has 1 aliphatic heterocycles. The number of hydrogen-bond acceptors (Lipinski definition) is 3. The summed E-state index contributed by atoms with van der Waals surface area (Å²) in [7, 11) is 1.86. The highest BCUT2D eigenvalue weighted by Gasteiger charge is 2.23. The van der Waals surface area contributed by atoms with Crippen molar-refractivity contribution in [3.8, 4) is 0 Å². The first-order valence-corrected chi connectivity index (χ1v) is 12.9. The summed E-state index contributed by atoms with van der Waals surface area (Å²) in [6.45, 7) is 8.38. The summed E-state index contributed by atoms with van der Waals surface area (Å²) in [6, 6.07) is 7.09. The Morgan fingerprint density at radius 3 is 2.76 bits per heavy atom. The molecule has 1 aromatic carbocycles. The lowest BCUT2D eigenvalue weighted by atomic mass is 9.93. The molecular formula is C29H40FN3. The Bertz CT molecular complexity index is 905. The van der Waals surface area contributed by atoms with Crippen molar-refractivity contribution in [2.75, 3.05) is 33.2 Å². The number of nitrogens with zero attached hydrogens (tertiary/aromatic N) is 2. The van der Waals surface area contributed by atoms with Crippen LogP contribution >= 0.6 is 0 Å². The number of allylic oxidation sites excluding steroid dienone is 4. The number of likely N-dealkylation sites (tertiary alicyclic amines) is 1. The zero-order valence-corrected chi connectivity index (χ0v) is 20.3. The van der Waals surface area contributed by atoms with Gasteiger partial charge in [0.15, 0.2) is 0 Å². The molecule has 4 heteroatoms. The predicted octanol–water partition coefficient (Wildman–Crippen LogP) is 6.13. The van der Waals surface area contributed by atoms with Crippen LogP contribution in [-0.2, 0) is 12.8 Å². The minimum Gasteiger partial charge on any atom is -0.305 e. The van der Waals surface area contributed by atoms with Crippen molar-refractivity contribution >= 4 is 5.71 Å². The Balaban J connectivity index is 1.25. The zero-order chi connectivity index (χ0) is 23.0. The third-order valence-electron chi connectivity index (χ3n) is 7.64. The van der Waals surface area contributed by atoms with E-state index >= 15 is 0 Å². The van der Waals surface area contributed by atoms with E-state index in [9.17, 15) is 4.39 Å². The van der Waals surface area contributed by atoms with Crippen molar-refractivity contribution in [2.24, 2.45) is 10.9 Å². The topological polar surface area (TPSA) is 27.6 Å². The van der Waals surface area contributed by atoms with Gasteiger partial charge in [-0.3, -0.25) is 4.99 Å². The summed E-state index contributed by atoms with van der Waals surface area (Å²) in [4.78, 5) is 7.08. The highest BCUT2D eigenvalue weighted by Crippen LogP contribution is 2.28. The summed E-state index contributed by atoms with van der Waals surface area (Å²) in [5.41, 5.74) is 6.27. The molecule has 1 aromatic rings. The van der Waals surface area contributed by atoms with Gasteiger partial charge in [0.25, 0.3) is 0 Å². The second kappa shape index (κ2) is 11.9. The van der Waals surface area contributed by atoms with Gasteiger partial charge in [0.2, 0.25) is 0 Å². The summed E-state index contributed by atoms with van der Waals surface area (Å²) < 4.78 is 13.9. The Morgan fingerprint density at radius 1 is 1.21 bits per heavy atom. The molecule has 1 saturated heterocycles. The van der Waals surface area contributed by atoms with Gasteiger partial charge in [0, 0.05) is 7.05 Å².